The van der Waals surface area contributed by atoms with Crippen LogP contribution in [-0.4, -0.2) is 38.3 Å². The quantitative estimate of drug-likeness (QED) is 0.701. The highest BCUT2D eigenvalue weighted by atomic mass is 16.5. The standard InChI is InChI=1S/C25H35N3O2/c1-18(2)17-21-5-7-22(8-6-21)19(3)26-20(4)25(29)27-23-9-11-24(12-10-23)28-13-15-30-16-14-28/h5-12,18-20,26H,13-17H2,1-4H3,(H,27,29)/p+1/t19-,20+/m1/s1. The molecule has 1 amide bonds. The topological polar surface area (TPSA) is 58.2 Å². The van der Waals surface area contributed by atoms with E-state index in [9.17, 15) is 4.79 Å². The third-order valence-corrected chi connectivity index (χ3v) is 5.65. The van der Waals surface area contributed by atoms with Crippen molar-refractivity contribution in [1.82, 2.24) is 0 Å². The van der Waals surface area contributed by atoms with Crippen molar-refractivity contribution < 1.29 is 14.8 Å². The summed E-state index contributed by atoms with van der Waals surface area (Å²) in [6.07, 6.45) is 1.10. The Balaban J connectivity index is 1.51. The number of rotatable bonds is 8. The fourth-order valence-corrected chi connectivity index (χ4v) is 3.89. The average Bonchev–Trinajstić information content (AvgIpc) is 2.75. The van der Waals surface area contributed by atoms with Crippen molar-refractivity contribution in [2.45, 2.75) is 46.2 Å². The van der Waals surface area contributed by atoms with Crippen LogP contribution in [0.15, 0.2) is 48.5 Å². The second kappa shape index (κ2) is 10.6. The number of hydrogen-bond donors (Lipinski definition) is 2. The second-order valence-corrected chi connectivity index (χ2v) is 8.74. The molecule has 1 aliphatic heterocycles. The lowest BCUT2D eigenvalue weighted by Gasteiger charge is -2.29. The van der Waals surface area contributed by atoms with Crippen LogP contribution in [0.2, 0.25) is 0 Å². The van der Waals surface area contributed by atoms with Crippen molar-refractivity contribution in [3.05, 3.63) is 59.7 Å². The fraction of sp³-hybridized carbons (Fsp3) is 0.480. The van der Waals surface area contributed by atoms with E-state index in [4.69, 9.17) is 4.74 Å². The van der Waals surface area contributed by atoms with Crippen molar-refractivity contribution in [3.63, 3.8) is 0 Å². The highest BCUT2D eigenvalue weighted by Crippen LogP contribution is 2.19. The monoisotopic (exact) mass is 410 g/mol. The molecule has 3 N–H and O–H groups in total. The molecule has 0 saturated carbocycles. The van der Waals surface area contributed by atoms with Gasteiger partial charge in [-0.2, -0.15) is 0 Å². The maximum absolute atomic E-state index is 12.7. The number of benzene rings is 2. The van der Waals surface area contributed by atoms with E-state index in [0.29, 0.717) is 5.92 Å². The molecule has 0 radical (unpaired) electrons. The first-order chi connectivity index (χ1) is 14.4. The van der Waals surface area contributed by atoms with Crippen molar-refractivity contribution in [2.75, 3.05) is 36.5 Å². The van der Waals surface area contributed by atoms with E-state index in [1.165, 1.54) is 16.8 Å². The maximum Gasteiger partial charge on any atom is 0.282 e. The molecule has 2 atom stereocenters. The summed E-state index contributed by atoms with van der Waals surface area (Å²) in [6, 6.07) is 16.9. The Bertz CT molecular complexity index is 796. The summed E-state index contributed by atoms with van der Waals surface area (Å²) in [5.74, 6) is 0.684. The first kappa shape index (κ1) is 22.3. The van der Waals surface area contributed by atoms with Crippen molar-refractivity contribution >= 4 is 17.3 Å². The Kier molecular flexibility index (Phi) is 7.88. The lowest BCUT2D eigenvalue weighted by Crippen LogP contribution is -2.91. The van der Waals surface area contributed by atoms with Gasteiger partial charge in [-0.3, -0.25) is 4.79 Å². The average molecular weight is 411 g/mol. The molecule has 0 aliphatic carbocycles. The van der Waals surface area contributed by atoms with Crippen LogP contribution >= 0.6 is 0 Å². The zero-order valence-electron chi connectivity index (χ0n) is 18.7. The fourth-order valence-electron chi connectivity index (χ4n) is 3.89. The second-order valence-electron chi connectivity index (χ2n) is 8.74. The van der Waals surface area contributed by atoms with E-state index in [2.05, 4.69) is 72.7 Å². The van der Waals surface area contributed by atoms with Gasteiger partial charge in [0.2, 0.25) is 0 Å². The van der Waals surface area contributed by atoms with E-state index in [-0.39, 0.29) is 18.0 Å². The summed E-state index contributed by atoms with van der Waals surface area (Å²) in [4.78, 5) is 15.0. The van der Waals surface area contributed by atoms with Gasteiger partial charge < -0.3 is 20.3 Å². The Labute approximate surface area is 180 Å². The predicted molar refractivity (Wildman–Crippen MR) is 123 cm³/mol. The highest BCUT2D eigenvalue weighted by Gasteiger charge is 2.20. The normalized spacial score (nSPS) is 16.4. The molecule has 1 heterocycles. The van der Waals surface area contributed by atoms with Gasteiger partial charge in [-0.15, -0.1) is 0 Å². The molecule has 30 heavy (non-hydrogen) atoms. The molecule has 1 fully saturated rings. The number of carbonyl (C=O) groups is 1. The summed E-state index contributed by atoms with van der Waals surface area (Å²) >= 11 is 0. The van der Waals surface area contributed by atoms with Crippen molar-refractivity contribution in [3.8, 4) is 0 Å². The van der Waals surface area contributed by atoms with Crippen LogP contribution in [0, 0.1) is 5.92 Å². The zero-order chi connectivity index (χ0) is 21.5. The smallest absolute Gasteiger partial charge is 0.282 e. The SMILES string of the molecule is CC(C)Cc1ccc([C@@H](C)[NH2+][C@@H](C)C(=O)Nc2ccc(N3CCOCC3)cc2)cc1. The Hall–Kier alpha value is -2.37. The van der Waals surface area contributed by atoms with Crippen LogP contribution < -0.4 is 15.5 Å². The molecular weight excluding hydrogens is 374 g/mol. The number of hydrogen-bond acceptors (Lipinski definition) is 3. The minimum absolute atomic E-state index is 0.0254. The van der Waals surface area contributed by atoms with Crippen LogP contribution in [-0.2, 0) is 16.0 Å². The first-order valence-electron chi connectivity index (χ1n) is 11.1. The van der Waals surface area contributed by atoms with Gasteiger partial charge in [0.05, 0.1) is 13.2 Å². The molecule has 0 aromatic heterocycles. The van der Waals surface area contributed by atoms with Crippen LogP contribution in [0.5, 0.6) is 0 Å². The van der Waals surface area contributed by atoms with Gasteiger partial charge in [0, 0.05) is 30.0 Å². The third-order valence-electron chi connectivity index (χ3n) is 5.65. The minimum atomic E-state index is -0.172. The Morgan fingerprint density at radius 3 is 2.23 bits per heavy atom. The van der Waals surface area contributed by atoms with Crippen molar-refractivity contribution in [1.29, 1.82) is 0 Å². The van der Waals surface area contributed by atoms with Crippen LogP contribution in [0.3, 0.4) is 0 Å². The zero-order valence-corrected chi connectivity index (χ0v) is 18.7. The van der Waals surface area contributed by atoms with Gasteiger partial charge in [0.25, 0.3) is 5.91 Å². The molecule has 0 unspecified atom stereocenters. The van der Waals surface area contributed by atoms with Gasteiger partial charge in [-0.1, -0.05) is 38.1 Å². The predicted octanol–water partition coefficient (Wildman–Crippen LogP) is 3.37. The summed E-state index contributed by atoms with van der Waals surface area (Å²) in [5.41, 5.74) is 4.62. The lowest BCUT2D eigenvalue weighted by atomic mass is 9.99. The number of anilines is 2. The first-order valence-corrected chi connectivity index (χ1v) is 11.1. The number of amides is 1. The summed E-state index contributed by atoms with van der Waals surface area (Å²) in [5, 5.41) is 5.17. The number of nitrogens with zero attached hydrogens (tertiary/aromatic N) is 1. The van der Waals surface area contributed by atoms with Gasteiger partial charge >= 0.3 is 0 Å². The number of quaternary nitrogens is 1. The largest absolute Gasteiger partial charge is 0.378 e. The molecule has 1 saturated heterocycles. The van der Waals surface area contributed by atoms with Gasteiger partial charge in [-0.25, -0.2) is 0 Å². The summed E-state index contributed by atoms with van der Waals surface area (Å²) < 4.78 is 5.41. The number of ether oxygens (including phenoxy) is 1. The number of nitrogens with one attached hydrogen (secondary N) is 1. The maximum atomic E-state index is 12.7. The third kappa shape index (κ3) is 6.31. The Morgan fingerprint density at radius 2 is 1.63 bits per heavy atom. The number of morpholine rings is 1. The van der Waals surface area contributed by atoms with E-state index >= 15 is 0 Å². The van der Waals surface area contributed by atoms with Gasteiger partial charge in [-0.05, 0) is 56.0 Å². The van der Waals surface area contributed by atoms with Crippen LogP contribution in [0.4, 0.5) is 11.4 Å². The number of carbonyl (C=O) groups excluding carboxylic acids is 1. The molecule has 5 heteroatoms. The molecular formula is C25H36N3O2+. The molecule has 3 rings (SSSR count). The molecule has 1 aliphatic rings. The molecule has 0 bridgehead atoms. The minimum Gasteiger partial charge on any atom is -0.378 e. The van der Waals surface area contributed by atoms with E-state index in [1.54, 1.807) is 0 Å². The van der Waals surface area contributed by atoms with Crippen LogP contribution in [0.1, 0.15) is 44.9 Å². The van der Waals surface area contributed by atoms with Gasteiger partial charge in [0.15, 0.2) is 6.04 Å². The van der Waals surface area contributed by atoms with Gasteiger partial charge in [0.1, 0.15) is 6.04 Å². The summed E-state index contributed by atoms with van der Waals surface area (Å²) in [7, 11) is 0. The molecule has 2 aromatic carbocycles. The lowest BCUT2D eigenvalue weighted by molar-refractivity contribution is -0.709. The van der Waals surface area contributed by atoms with E-state index < -0.39 is 0 Å². The molecule has 5 nitrogen and oxygen atoms in total. The number of nitrogens with two attached hydrogens (primary N) is 1. The molecule has 2 aromatic rings. The Morgan fingerprint density at radius 1 is 1.00 bits per heavy atom. The molecule has 0 spiro atoms. The molecule has 162 valence electrons. The van der Waals surface area contributed by atoms with Crippen LogP contribution in [0.25, 0.3) is 0 Å². The van der Waals surface area contributed by atoms with E-state index in [0.717, 1.165) is 38.4 Å². The summed E-state index contributed by atoms with van der Waals surface area (Å²) in [6.45, 7) is 11.9. The highest BCUT2D eigenvalue weighted by molar-refractivity contribution is 5.93. The van der Waals surface area contributed by atoms with E-state index in [1.807, 2.05) is 19.1 Å². The van der Waals surface area contributed by atoms with Crippen molar-refractivity contribution in [2.24, 2.45) is 5.92 Å².